The largest absolute Gasteiger partial charge is 0.472 e. The minimum atomic E-state index is -5.11. The maximum Gasteiger partial charge on any atom is 0.472 e. The van der Waals surface area contributed by atoms with Gasteiger partial charge >= 0.3 is 7.82 Å². The Morgan fingerprint density at radius 2 is 1.23 bits per heavy atom. The van der Waals surface area contributed by atoms with Crippen LogP contribution in [0.4, 0.5) is 0 Å². The van der Waals surface area contributed by atoms with Crippen molar-refractivity contribution in [2.45, 2.75) is 198 Å². The zero-order valence-corrected chi connectivity index (χ0v) is 30.1. The molecule has 1 aliphatic rings. The molecule has 0 radical (unpaired) electrons. The second-order valence-corrected chi connectivity index (χ2v) is 14.5. The quantitative estimate of drug-likeness (QED) is 0.0376. The Morgan fingerprint density at radius 3 is 1.70 bits per heavy atom. The molecule has 0 saturated carbocycles. The number of nitrogens with one attached hydrogen (secondary N) is 1. The van der Waals surface area contributed by atoms with Gasteiger partial charge in [0.1, 0.15) is 24.4 Å². The van der Waals surface area contributed by atoms with Crippen LogP contribution in [0.3, 0.4) is 0 Å². The predicted octanol–water partition coefficient (Wildman–Crippen LogP) is 5.39. The Balaban J connectivity index is 2.61. The molecular weight excluding hydrogens is 629 g/mol. The van der Waals surface area contributed by atoms with E-state index in [1.165, 1.54) is 70.6 Å². The minimum Gasteiger partial charge on any atom is -0.394 e. The van der Waals surface area contributed by atoms with Gasteiger partial charge in [-0.1, -0.05) is 129 Å². The topological polar surface area (TPSA) is 195 Å². The monoisotopic (exact) mass is 697 g/mol. The maximum absolute atomic E-state index is 12.9. The minimum absolute atomic E-state index is 0.0191. The number of aliphatic hydroxyl groups excluding tert-OH is 4. The fourth-order valence-electron chi connectivity index (χ4n) is 6.07. The molecular formula is C34H68NO11P. The van der Waals surface area contributed by atoms with Gasteiger partial charge in [0.25, 0.3) is 0 Å². The maximum atomic E-state index is 12.9. The lowest BCUT2D eigenvalue weighted by molar-refractivity contribution is -0.257. The van der Waals surface area contributed by atoms with Crippen molar-refractivity contribution in [3.05, 3.63) is 0 Å². The second kappa shape index (κ2) is 27.1. The van der Waals surface area contributed by atoms with E-state index in [4.69, 9.17) is 14.0 Å². The Hall–Kier alpha value is -0.660. The first-order valence-corrected chi connectivity index (χ1v) is 20.0. The van der Waals surface area contributed by atoms with Gasteiger partial charge in [0, 0.05) is 6.61 Å². The number of phosphoric acid groups is 1. The number of unbranched alkanes of at least 4 members (excludes halogenated alkanes) is 16. The number of rotatable bonds is 30. The molecule has 0 aromatic rings. The van der Waals surface area contributed by atoms with Gasteiger partial charge in [-0.15, -0.1) is 0 Å². The molecule has 0 spiro atoms. The molecule has 7 unspecified atom stereocenters. The van der Waals surface area contributed by atoms with Crippen LogP contribution in [0.25, 0.3) is 0 Å². The molecule has 7 atom stereocenters. The van der Waals surface area contributed by atoms with Crippen molar-refractivity contribution < 1.29 is 53.6 Å². The SMILES string of the molecule is CCCCCCCCCCCC(O)CCOC1C(O)C(CO)OC(OP(=O)(O)O)C1NC(=O)CC(O)CCCCCCCCCCC. The van der Waals surface area contributed by atoms with Crippen LogP contribution < -0.4 is 5.32 Å². The number of aliphatic hydroxyl groups is 4. The Bertz CT molecular complexity index is 817. The zero-order valence-electron chi connectivity index (χ0n) is 29.2. The molecule has 1 rings (SSSR count). The van der Waals surface area contributed by atoms with E-state index in [0.717, 1.165) is 44.9 Å². The van der Waals surface area contributed by atoms with Crippen molar-refractivity contribution in [3.8, 4) is 0 Å². The predicted molar refractivity (Wildman–Crippen MR) is 181 cm³/mol. The standard InChI is InChI=1S/C34H68NO11P/c1-3-5-7-9-11-13-15-17-19-21-27(37)23-24-44-33-31(34(46-47(41,42)43)45-29(26-36)32(33)40)35-30(39)25-28(38)22-20-18-16-14-12-10-8-6-4-2/h27-29,31-34,36-38,40H,3-26H2,1-2H3,(H,35,39)(H2,41,42,43). The third-order valence-corrected chi connectivity index (χ3v) is 9.37. The van der Waals surface area contributed by atoms with Crippen molar-refractivity contribution in [2.24, 2.45) is 0 Å². The van der Waals surface area contributed by atoms with Crippen molar-refractivity contribution in [2.75, 3.05) is 13.2 Å². The molecule has 0 bridgehead atoms. The molecule has 12 nitrogen and oxygen atoms in total. The summed E-state index contributed by atoms with van der Waals surface area (Å²) < 4.78 is 27.8. The summed E-state index contributed by atoms with van der Waals surface area (Å²) in [6, 6.07) is -1.36. The fraction of sp³-hybridized carbons (Fsp3) is 0.971. The number of carbonyl (C=O) groups is 1. The number of amides is 1. The van der Waals surface area contributed by atoms with E-state index in [1.807, 2.05) is 0 Å². The van der Waals surface area contributed by atoms with Gasteiger partial charge in [-0.3, -0.25) is 9.32 Å². The molecule has 1 aliphatic heterocycles. The zero-order chi connectivity index (χ0) is 34.9. The van der Waals surface area contributed by atoms with Crippen molar-refractivity contribution in [3.63, 3.8) is 0 Å². The summed E-state index contributed by atoms with van der Waals surface area (Å²) in [6.07, 6.45) is 14.3. The van der Waals surface area contributed by atoms with E-state index < -0.39 is 63.2 Å². The van der Waals surface area contributed by atoms with Gasteiger partial charge in [0.15, 0.2) is 6.29 Å². The van der Waals surface area contributed by atoms with Crippen LogP contribution in [0, 0.1) is 0 Å². The average Bonchev–Trinajstić information content (AvgIpc) is 3.01. The first-order chi connectivity index (χ1) is 22.5. The van der Waals surface area contributed by atoms with Gasteiger partial charge in [0.05, 0.1) is 25.2 Å². The number of hydrogen-bond donors (Lipinski definition) is 7. The molecule has 0 aromatic carbocycles. The number of phosphoric ester groups is 1. The molecule has 1 saturated heterocycles. The van der Waals surface area contributed by atoms with E-state index in [1.54, 1.807) is 0 Å². The third-order valence-electron chi connectivity index (χ3n) is 8.89. The smallest absolute Gasteiger partial charge is 0.394 e. The molecule has 0 aliphatic carbocycles. The Morgan fingerprint density at radius 1 is 0.766 bits per heavy atom. The summed E-state index contributed by atoms with van der Waals surface area (Å²) in [7, 11) is -5.11. The molecule has 1 heterocycles. The first-order valence-electron chi connectivity index (χ1n) is 18.5. The van der Waals surface area contributed by atoms with Crippen LogP contribution in [0.1, 0.15) is 155 Å². The normalized spacial score (nSPS) is 23.1. The lowest BCUT2D eigenvalue weighted by Gasteiger charge is -2.44. The third kappa shape index (κ3) is 21.9. The van der Waals surface area contributed by atoms with Crippen LogP contribution in [-0.2, 0) is 23.4 Å². The summed E-state index contributed by atoms with van der Waals surface area (Å²) in [6.45, 7) is 3.68. The first kappa shape index (κ1) is 44.4. The van der Waals surface area contributed by atoms with E-state index in [2.05, 4.69) is 19.2 Å². The Kier molecular flexibility index (Phi) is 25.6. The highest BCUT2D eigenvalue weighted by Gasteiger charge is 2.49. The molecule has 1 amide bonds. The van der Waals surface area contributed by atoms with Gasteiger partial charge < -0.3 is 45.0 Å². The summed E-state index contributed by atoms with van der Waals surface area (Å²) in [5.41, 5.74) is 0. The number of carbonyl (C=O) groups excluding carboxylic acids is 1. The average molecular weight is 698 g/mol. The summed E-state index contributed by atoms with van der Waals surface area (Å²) in [5.74, 6) is -0.630. The molecule has 47 heavy (non-hydrogen) atoms. The molecule has 0 aromatic heterocycles. The van der Waals surface area contributed by atoms with Gasteiger partial charge in [-0.25, -0.2) is 4.57 Å². The second-order valence-electron chi connectivity index (χ2n) is 13.3. The molecule has 7 N–H and O–H groups in total. The van der Waals surface area contributed by atoms with Crippen LogP contribution in [0.5, 0.6) is 0 Å². The summed E-state index contributed by atoms with van der Waals surface area (Å²) in [5, 5.41) is 44.2. The summed E-state index contributed by atoms with van der Waals surface area (Å²) in [4.78, 5) is 31.9. The van der Waals surface area contributed by atoms with Gasteiger partial charge in [0.2, 0.25) is 5.91 Å². The van der Waals surface area contributed by atoms with Crippen molar-refractivity contribution in [1.82, 2.24) is 5.32 Å². The van der Waals surface area contributed by atoms with Crippen LogP contribution in [0.2, 0.25) is 0 Å². The van der Waals surface area contributed by atoms with E-state index in [9.17, 15) is 39.6 Å². The van der Waals surface area contributed by atoms with Crippen LogP contribution in [-0.4, -0.2) is 92.2 Å². The lowest BCUT2D eigenvalue weighted by atomic mass is 9.96. The van der Waals surface area contributed by atoms with Gasteiger partial charge in [-0.2, -0.15) is 0 Å². The van der Waals surface area contributed by atoms with E-state index >= 15 is 0 Å². The van der Waals surface area contributed by atoms with E-state index in [0.29, 0.717) is 12.8 Å². The van der Waals surface area contributed by atoms with E-state index in [-0.39, 0.29) is 19.4 Å². The van der Waals surface area contributed by atoms with Crippen molar-refractivity contribution in [1.29, 1.82) is 0 Å². The fourth-order valence-corrected chi connectivity index (χ4v) is 6.52. The highest BCUT2D eigenvalue weighted by molar-refractivity contribution is 7.46. The molecule has 280 valence electrons. The molecule has 13 heteroatoms. The van der Waals surface area contributed by atoms with Crippen LogP contribution >= 0.6 is 7.82 Å². The molecule has 1 fully saturated rings. The summed E-state index contributed by atoms with van der Waals surface area (Å²) >= 11 is 0. The van der Waals surface area contributed by atoms with Crippen LogP contribution in [0.15, 0.2) is 0 Å². The highest BCUT2D eigenvalue weighted by Crippen LogP contribution is 2.41. The highest BCUT2D eigenvalue weighted by atomic mass is 31.2. The van der Waals surface area contributed by atoms with Crippen molar-refractivity contribution >= 4 is 13.7 Å². The number of hydrogen-bond acceptors (Lipinski definition) is 9. The lowest BCUT2D eigenvalue weighted by Crippen LogP contribution is -2.65. The van der Waals surface area contributed by atoms with Gasteiger partial charge in [-0.05, 0) is 19.3 Å². The number of ether oxygens (including phenoxy) is 2. The Labute approximate surface area is 283 Å².